The Hall–Kier alpha value is -1.23. The largest absolute Gasteiger partial charge is 0.487 e. The SMILES string of the molecule is Cc1nn(C)c(Cl)c1COc1ccc([C@H](C)N)cc1Cl. The van der Waals surface area contributed by atoms with Crippen LogP contribution in [0.1, 0.15) is 29.8 Å². The van der Waals surface area contributed by atoms with Crippen LogP contribution in [0.15, 0.2) is 18.2 Å². The molecule has 0 spiro atoms. The summed E-state index contributed by atoms with van der Waals surface area (Å²) < 4.78 is 7.34. The van der Waals surface area contributed by atoms with E-state index in [0.29, 0.717) is 22.5 Å². The number of benzene rings is 1. The first-order chi connectivity index (χ1) is 9.40. The quantitative estimate of drug-likeness (QED) is 0.937. The van der Waals surface area contributed by atoms with E-state index in [4.69, 9.17) is 33.7 Å². The van der Waals surface area contributed by atoms with E-state index >= 15 is 0 Å². The second kappa shape index (κ2) is 6.04. The summed E-state index contributed by atoms with van der Waals surface area (Å²) >= 11 is 12.3. The van der Waals surface area contributed by atoms with Gasteiger partial charge in [0.25, 0.3) is 0 Å². The van der Waals surface area contributed by atoms with Crippen molar-refractivity contribution in [3.63, 3.8) is 0 Å². The van der Waals surface area contributed by atoms with Crippen LogP contribution in [0.4, 0.5) is 0 Å². The molecule has 0 amide bonds. The lowest BCUT2D eigenvalue weighted by Crippen LogP contribution is -2.05. The maximum atomic E-state index is 6.19. The molecule has 0 bridgehead atoms. The highest BCUT2D eigenvalue weighted by Gasteiger charge is 2.13. The third-order valence-electron chi connectivity index (χ3n) is 3.12. The highest BCUT2D eigenvalue weighted by Crippen LogP contribution is 2.29. The summed E-state index contributed by atoms with van der Waals surface area (Å²) in [7, 11) is 1.79. The Morgan fingerprint density at radius 2 is 2.10 bits per heavy atom. The number of nitrogens with two attached hydrogens (primary N) is 1. The van der Waals surface area contributed by atoms with Crippen molar-refractivity contribution in [2.24, 2.45) is 12.8 Å². The monoisotopic (exact) mass is 313 g/mol. The molecule has 0 saturated carbocycles. The van der Waals surface area contributed by atoms with E-state index in [0.717, 1.165) is 16.8 Å². The van der Waals surface area contributed by atoms with Crippen molar-refractivity contribution in [3.05, 3.63) is 45.2 Å². The Kier molecular flexibility index (Phi) is 4.58. The van der Waals surface area contributed by atoms with Crippen LogP contribution in [-0.4, -0.2) is 9.78 Å². The first kappa shape index (κ1) is 15.2. The maximum Gasteiger partial charge on any atom is 0.138 e. The number of hydrogen-bond acceptors (Lipinski definition) is 3. The Morgan fingerprint density at radius 1 is 1.40 bits per heavy atom. The van der Waals surface area contributed by atoms with E-state index in [9.17, 15) is 0 Å². The summed E-state index contributed by atoms with van der Waals surface area (Å²) in [5.41, 5.74) is 8.49. The van der Waals surface area contributed by atoms with Crippen LogP contribution in [0.2, 0.25) is 10.2 Å². The topological polar surface area (TPSA) is 53.1 Å². The molecule has 20 heavy (non-hydrogen) atoms. The van der Waals surface area contributed by atoms with Crippen molar-refractivity contribution in [1.82, 2.24) is 9.78 Å². The van der Waals surface area contributed by atoms with Crippen molar-refractivity contribution >= 4 is 23.2 Å². The van der Waals surface area contributed by atoms with Gasteiger partial charge in [0.15, 0.2) is 0 Å². The summed E-state index contributed by atoms with van der Waals surface area (Å²) in [5, 5.41) is 5.35. The van der Waals surface area contributed by atoms with E-state index in [1.54, 1.807) is 11.7 Å². The van der Waals surface area contributed by atoms with Crippen molar-refractivity contribution in [3.8, 4) is 5.75 Å². The smallest absolute Gasteiger partial charge is 0.138 e. The third kappa shape index (κ3) is 3.08. The predicted molar refractivity (Wildman–Crippen MR) is 81.3 cm³/mol. The molecule has 108 valence electrons. The first-order valence-corrected chi connectivity index (χ1v) is 7.01. The van der Waals surface area contributed by atoms with Crippen molar-refractivity contribution in [1.29, 1.82) is 0 Å². The van der Waals surface area contributed by atoms with Gasteiger partial charge in [-0.15, -0.1) is 0 Å². The predicted octanol–water partition coefficient (Wildman–Crippen LogP) is 3.63. The second-order valence-corrected chi connectivity index (χ2v) is 5.51. The number of halogens is 2. The highest BCUT2D eigenvalue weighted by atomic mass is 35.5. The Labute approximate surface area is 128 Å². The van der Waals surface area contributed by atoms with Crippen LogP contribution in [0, 0.1) is 6.92 Å². The normalized spacial score (nSPS) is 12.5. The number of rotatable bonds is 4. The van der Waals surface area contributed by atoms with Gasteiger partial charge in [0.2, 0.25) is 0 Å². The zero-order valence-electron chi connectivity index (χ0n) is 11.7. The highest BCUT2D eigenvalue weighted by molar-refractivity contribution is 6.32. The molecule has 2 rings (SSSR count). The number of aryl methyl sites for hydroxylation is 2. The molecular weight excluding hydrogens is 297 g/mol. The lowest BCUT2D eigenvalue weighted by Gasteiger charge is -2.11. The molecule has 0 aliphatic heterocycles. The van der Waals surface area contributed by atoms with Gasteiger partial charge in [-0.1, -0.05) is 29.3 Å². The van der Waals surface area contributed by atoms with E-state index in [2.05, 4.69) is 5.10 Å². The van der Waals surface area contributed by atoms with E-state index in [-0.39, 0.29) is 6.04 Å². The minimum Gasteiger partial charge on any atom is -0.487 e. The molecule has 4 nitrogen and oxygen atoms in total. The average molecular weight is 314 g/mol. The van der Waals surface area contributed by atoms with Gasteiger partial charge < -0.3 is 10.5 Å². The number of nitrogens with zero attached hydrogens (tertiary/aromatic N) is 2. The van der Waals surface area contributed by atoms with Gasteiger partial charge in [-0.05, 0) is 31.5 Å². The Morgan fingerprint density at radius 3 is 2.60 bits per heavy atom. The van der Waals surface area contributed by atoms with Crippen LogP contribution in [0.25, 0.3) is 0 Å². The molecule has 0 unspecified atom stereocenters. The fourth-order valence-corrected chi connectivity index (χ4v) is 2.38. The molecule has 0 radical (unpaired) electrons. The van der Waals surface area contributed by atoms with Gasteiger partial charge in [-0.2, -0.15) is 5.10 Å². The second-order valence-electron chi connectivity index (χ2n) is 4.75. The van der Waals surface area contributed by atoms with Gasteiger partial charge in [-0.3, -0.25) is 4.68 Å². The van der Waals surface area contributed by atoms with Gasteiger partial charge in [0.05, 0.1) is 10.7 Å². The molecule has 0 saturated heterocycles. The average Bonchev–Trinajstić information content (AvgIpc) is 2.62. The first-order valence-electron chi connectivity index (χ1n) is 6.26. The summed E-state index contributed by atoms with van der Waals surface area (Å²) in [6.07, 6.45) is 0. The molecule has 0 fully saturated rings. The van der Waals surface area contributed by atoms with Gasteiger partial charge in [0, 0.05) is 18.7 Å². The molecule has 0 aliphatic rings. The standard InChI is InChI=1S/C14H17Cl2N3O/c1-8(17)10-4-5-13(12(15)6-10)20-7-11-9(2)18-19(3)14(11)16/h4-6,8H,7,17H2,1-3H3/t8-/m0/s1. The summed E-state index contributed by atoms with van der Waals surface area (Å²) in [6, 6.07) is 5.49. The Balaban J connectivity index is 2.15. The molecule has 1 aromatic heterocycles. The van der Waals surface area contributed by atoms with E-state index in [1.807, 2.05) is 32.0 Å². The lowest BCUT2D eigenvalue weighted by atomic mass is 10.1. The lowest BCUT2D eigenvalue weighted by molar-refractivity contribution is 0.305. The van der Waals surface area contributed by atoms with E-state index < -0.39 is 0 Å². The molecular formula is C14H17Cl2N3O. The number of hydrogen-bond donors (Lipinski definition) is 1. The fraction of sp³-hybridized carbons (Fsp3) is 0.357. The fourth-order valence-electron chi connectivity index (χ4n) is 1.91. The van der Waals surface area contributed by atoms with Crippen LogP contribution in [0.5, 0.6) is 5.75 Å². The third-order valence-corrected chi connectivity index (χ3v) is 3.89. The molecule has 2 aromatic rings. The van der Waals surface area contributed by atoms with Crippen LogP contribution in [-0.2, 0) is 13.7 Å². The van der Waals surface area contributed by atoms with Crippen molar-refractivity contribution < 1.29 is 4.74 Å². The van der Waals surface area contributed by atoms with Crippen LogP contribution < -0.4 is 10.5 Å². The molecule has 1 aromatic carbocycles. The zero-order chi connectivity index (χ0) is 14.9. The number of aromatic nitrogens is 2. The van der Waals surface area contributed by atoms with Gasteiger partial charge >= 0.3 is 0 Å². The minimum absolute atomic E-state index is 0.0587. The van der Waals surface area contributed by atoms with Crippen molar-refractivity contribution in [2.45, 2.75) is 26.5 Å². The molecule has 6 heteroatoms. The van der Waals surface area contributed by atoms with Gasteiger partial charge in [-0.25, -0.2) is 0 Å². The van der Waals surface area contributed by atoms with Crippen LogP contribution >= 0.6 is 23.2 Å². The number of ether oxygens (including phenoxy) is 1. The molecule has 1 heterocycles. The summed E-state index contributed by atoms with van der Waals surface area (Å²) in [4.78, 5) is 0. The Bertz CT molecular complexity index is 623. The summed E-state index contributed by atoms with van der Waals surface area (Å²) in [6.45, 7) is 4.13. The molecule has 2 N–H and O–H groups in total. The minimum atomic E-state index is -0.0587. The molecule has 1 atom stereocenters. The van der Waals surface area contributed by atoms with Crippen LogP contribution in [0.3, 0.4) is 0 Å². The van der Waals surface area contributed by atoms with Crippen molar-refractivity contribution in [2.75, 3.05) is 0 Å². The molecule has 0 aliphatic carbocycles. The van der Waals surface area contributed by atoms with Gasteiger partial charge in [0.1, 0.15) is 17.5 Å². The maximum absolute atomic E-state index is 6.19. The summed E-state index contributed by atoms with van der Waals surface area (Å²) in [5.74, 6) is 0.607. The van der Waals surface area contributed by atoms with E-state index in [1.165, 1.54) is 0 Å². The zero-order valence-corrected chi connectivity index (χ0v) is 13.2.